The second kappa shape index (κ2) is 3.61. The van der Waals surface area contributed by atoms with Crippen LogP contribution in [-0.2, 0) is 4.79 Å². The fraction of sp³-hybridized carbons (Fsp3) is 0.500. The predicted molar refractivity (Wildman–Crippen MR) is 50.6 cm³/mol. The van der Waals surface area contributed by atoms with Crippen LogP contribution in [0.3, 0.4) is 0 Å². The van der Waals surface area contributed by atoms with Gasteiger partial charge < -0.3 is 10.8 Å². The first-order chi connectivity index (χ1) is 5.93. The maximum atomic E-state index is 10.4. The van der Waals surface area contributed by atoms with Crippen molar-refractivity contribution in [3.05, 3.63) is 0 Å². The summed E-state index contributed by atoms with van der Waals surface area (Å²) < 4.78 is 0. The molecule has 0 aliphatic carbocycles. The number of nitrogens with two attached hydrogens (primary N) is 1. The molecule has 1 rings (SSSR count). The second-order valence-electron chi connectivity index (χ2n) is 2.61. The molecule has 7 heteroatoms. The van der Waals surface area contributed by atoms with Crippen LogP contribution in [0.5, 0.6) is 0 Å². The summed E-state index contributed by atoms with van der Waals surface area (Å²) in [6.07, 6.45) is 1.24. The molecule has 72 valence electrons. The lowest BCUT2D eigenvalue weighted by atomic mass is 10.1. The van der Waals surface area contributed by atoms with Crippen LogP contribution in [0.1, 0.15) is 6.42 Å². The van der Waals surface area contributed by atoms with E-state index in [4.69, 9.17) is 34.0 Å². The minimum atomic E-state index is -1.20. The van der Waals surface area contributed by atoms with Gasteiger partial charge in [0.05, 0.1) is 6.21 Å². The number of halogens is 2. The number of carboxylic acids is 1. The highest BCUT2D eigenvalue weighted by Crippen LogP contribution is 2.25. The summed E-state index contributed by atoms with van der Waals surface area (Å²) in [6.45, 7) is 0. The number of alkyl halides is 1. The first-order valence-corrected chi connectivity index (χ1v) is 4.16. The van der Waals surface area contributed by atoms with Crippen molar-refractivity contribution in [3.63, 3.8) is 0 Å². The third-order valence-electron chi connectivity index (χ3n) is 1.47. The minimum absolute atomic E-state index is 0.00703. The van der Waals surface area contributed by atoms with E-state index >= 15 is 0 Å². The van der Waals surface area contributed by atoms with E-state index in [1.807, 2.05) is 0 Å². The van der Waals surface area contributed by atoms with Crippen molar-refractivity contribution in [1.29, 1.82) is 0 Å². The molecule has 3 N–H and O–H groups in total. The van der Waals surface area contributed by atoms with Crippen LogP contribution in [-0.4, -0.2) is 33.6 Å². The van der Waals surface area contributed by atoms with E-state index in [1.54, 1.807) is 0 Å². The van der Waals surface area contributed by atoms with Crippen LogP contribution >= 0.6 is 23.2 Å². The average Bonchev–Trinajstić information content (AvgIpc) is 2.30. The van der Waals surface area contributed by atoms with Gasteiger partial charge in [0, 0.05) is 6.42 Å². The third kappa shape index (κ3) is 2.65. The lowest BCUT2D eigenvalue weighted by molar-refractivity contribution is -0.138. The van der Waals surface area contributed by atoms with Crippen LogP contribution in [0.4, 0.5) is 0 Å². The Balaban J connectivity index is 2.65. The highest BCUT2D eigenvalue weighted by molar-refractivity contribution is 6.66. The molecule has 13 heavy (non-hydrogen) atoms. The van der Waals surface area contributed by atoms with Gasteiger partial charge in [-0.3, -0.25) is 4.79 Å². The Morgan fingerprint density at radius 1 is 1.85 bits per heavy atom. The van der Waals surface area contributed by atoms with Crippen LogP contribution < -0.4 is 5.73 Å². The van der Waals surface area contributed by atoms with Crippen molar-refractivity contribution in [2.75, 3.05) is 0 Å². The van der Waals surface area contributed by atoms with Gasteiger partial charge in [0.2, 0.25) is 5.29 Å². The number of hydrogen-bond acceptors (Lipinski definition) is 4. The molecule has 0 aromatic carbocycles. The Labute approximate surface area is 84.3 Å². The number of carbonyl (C=O) groups is 1. The van der Waals surface area contributed by atoms with E-state index in [2.05, 4.69) is 9.98 Å². The molecule has 0 bridgehead atoms. The van der Waals surface area contributed by atoms with Gasteiger partial charge in [-0.25, -0.2) is 9.98 Å². The van der Waals surface area contributed by atoms with Gasteiger partial charge in [0.1, 0.15) is 6.04 Å². The molecule has 5 nitrogen and oxygen atoms in total. The van der Waals surface area contributed by atoms with Gasteiger partial charge in [-0.1, -0.05) is 11.6 Å². The molecule has 1 heterocycles. The first kappa shape index (κ1) is 10.4. The molecule has 1 aliphatic heterocycles. The quantitative estimate of drug-likeness (QED) is 0.537. The molecule has 0 saturated carbocycles. The standard InChI is InChI=1S/C6H7Cl2N3O2/c7-5-10-2-6(8,11-5)1-3(9)4(12)13/h2-3H,1,9H2,(H,12,13). The van der Waals surface area contributed by atoms with Crippen molar-refractivity contribution in [1.82, 2.24) is 0 Å². The Bertz CT molecular complexity index is 292. The summed E-state index contributed by atoms with van der Waals surface area (Å²) in [7, 11) is 0. The van der Waals surface area contributed by atoms with E-state index < -0.39 is 17.0 Å². The third-order valence-corrected chi connectivity index (χ3v) is 1.99. The fourth-order valence-electron chi connectivity index (χ4n) is 0.857. The largest absolute Gasteiger partial charge is 0.480 e. The summed E-state index contributed by atoms with van der Waals surface area (Å²) in [6, 6.07) is -1.07. The van der Waals surface area contributed by atoms with Crippen molar-refractivity contribution in [2.24, 2.45) is 15.7 Å². The summed E-state index contributed by atoms with van der Waals surface area (Å²) in [4.78, 5) is 16.5. The molecule has 0 saturated heterocycles. The number of hydrogen-bond donors (Lipinski definition) is 2. The number of amidine groups is 1. The molecule has 1 aliphatic rings. The lowest BCUT2D eigenvalue weighted by Crippen LogP contribution is -2.37. The molecule has 0 radical (unpaired) electrons. The Hall–Kier alpha value is -0.650. The van der Waals surface area contributed by atoms with Gasteiger partial charge in [0.25, 0.3) is 0 Å². The zero-order valence-electron chi connectivity index (χ0n) is 6.44. The number of rotatable bonds is 3. The van der Waals surface area contributed by atoms with Crippen molar-refractivity contribution >= 4 is 40.7 Å². The molecule has 0 aromatic heterocycles. The molecule has 0 spiro atoms. The lowest BCUT2D eigenvalue weighted by Gasteiger charge is -2.16. The zero-order valence-corrected chi connectivity index (χ0v) is 7.96. The van der Waals surface area contributed by atoms with Gasteiger partial charge >= 0.3 is 5.97 Å². The predicted octanol–water partition coefficient (Wildman–Crippen LogP) is 0.403. The number of carboxylic acid groups (broad SMARTS) is 1. The van der Waals surface area contributed by atoms with Crippen molar-refractivity contribution in [3.8, 4) is 0 Å². The monoisotopic (exact) mass is 223 g/mol. The van der Waals surface area contributed by atoms with Crippen LogP contribution in [0.2, 0.25) is 0 Å². The highest BCUT2D eigenvalue weighted by atomic mass is 35.5. The Morgan fingerprint density at radius 2 is 2.46 bits per heavy atom. The van der Waals surface area contributed by atoms with Crippen molar-refractivity contribution < 1.29 is 9.90 Å². The van der Waals surface area contributed by atoms with Gasteiger partial charge in [-0.05, 0) is 11.6 Å². The van der Waals surface area contributed by atoms with E-state index in [9.17, 15) is 4.79 Å². The normalized spacial score (nSPS) is 28.7. The molecule has 0 amide bonds. The molecular formula is C6H7Cl2N3O2. The van der Waals surface area contributed by atoms with E-state index in [0.717, 1.165) is 0 Å². The van der Waals surface area contributed by atoms with Gasteiger partial charge in [-0.2, -0.15) is 0 Å². The summed E-state index contributed by atoms with van der Waals surface area (Å²) in [5, 5.41) is 8.52. The minimum Gasteiger partial charge on any atom is -0.480 e. The van der Waals surface area contributed by atoms with Crippen LogP contribution in [0, 0.1) is 0 Å². The number of nitrogens with zero attached hydrogens (tertiary/aromatic N) is 2. The topological polar surface area (TPSA) is 88.0 Å². The highest BCUT2D eigenvalue weighted by Gasteiger charge is 2.33. The maximum Gasteiger partial charge on any atom is 0.320 e. The van der Waals surface area contributed by atoms with Crippen molar-refractivity contribution in [2.45, 2.75) is 17.5 Å². The van der Waals surface area contributed by atoms with E-state index in [-0.39, 0.29) is 11.7 Å². The SMILES string of the molecule is NC(CC1(Cl)C=NC(Cl)=N1)C(=O)O. The maximum absolute atomic E-state index is 10.4. The van der Waals surface area contributed by atoms with Crippen LogP contribution in [0.15, 0.2) is 9.98 Å². The van der Waals surface area contributed by atoms with Gasteiger partial charge in [0.15, 0.2) is 5.00 Å². The van der Waals surface area contributed by atoms with E-state index in [1.165, 1.54) is 6.21 Å². The van der Waals surface area contributed by atoms with Crippen LogP contribution in [0.25, 0.3) is 0 Å². The fourth-order valence-corrected chi connectivity index (χ4v) is 1.40. The van der Waals surface area contributed by atoms with E-state index in [0.29, 0.717) is 0 Å². The smallest absolute Gasteiger partial charge is 0.320 e. The second-order valence-corrected chi connectivity index (χ2v) is 3.60. The summed E-state index contributed by atoms with van der Waals surface area (Å²) in [5.41, 5.74) is 5.27. The summed E-state index contributed by atoms with van der Waals surface area (Å²) >= 11 is 11.3. The summed E-state index contributed by atoms with van der Waals surface area (Å²) in [5.74, 6) is -1.13. The number of aliphatic imine (C=N–C) groups is 2. The molecule has 2 unspecified atom stereocenters. The molecule has 0 fully saturated rings. The molecule has 0 aromatic rings. The molecular weight excluding hydrogens is 217 g/mol. The first-order valence-electron chi connectivity index (χ1n) is 3.41. The van der Waals surface area contributed by atoms with Gasteiger partial charge in [-0.15, -0.1) is 0 Å². The Morgan fingerprint density at radius 3 is 2.85 bits per heavy atom. The molecule has 2 atom stereocenters. The Kier molecular flexibility index (Phi) is 2.90. The zero-order chi connectivity index (χ0) is 10.1. The number of aliphatic carboxylic acids is 1. The average molecular weight is 224 g/mol.